The van der Waals surface area contributed by atoms with Crippen LogP contribution in [-0.4, -0.2) is 5.78 Å². The van der Waals surface area contributed by atoms with Crippen molar-refractivity contribution in [3.8, 4) is 0 Å². The van der Waals surface area contributed by atoms with Gasteiger partial charge in [0.25, 0.3) is 0 Å². The SMILES string of the molecule is NC1c2ccccc2CC12CCC(=O)CC2. The molecule has 84 valence electrons. The fraction of sp³-hybridized carbons (Fsp3) is 0.500. The molecule has 1 aromatic carbocycles. The van der Waals surface area contributed by atoms with Gasteiger partial charge in [-0.05, 0) is 35.8 Å². The van der Waals surface area contributed by atoms with E-state index in [1.165, 1.54) is 11.1 Å². The highest BCUT2D eigenvalue weighted by molar-refractivity contribution is 5.79. The summed E-state index contributed by atoms with van der Waals surface area (Å²) in [6.45, 7) is 0. The predicted molar refractivity (Wildman–Crippen MR) is 63.0 cm³/mol. The molecule has 0 bridgehead atoms. The Labute approximate surface area is 95.8 Å². The predicted octanol–water partition coefficient (Wildman–Crippen LogP) is 2.37. The van der Waals surface area contributed by atoms with Crippen LogP contribution in [0.3, 0.4) is 0 Å². The fourth-order valence-corrected chi connectivity index (χ4v) is 3.33. The van der Waals surface area contributed by atoms with Crippen molar-refractivity contribution in [1.29, 1.82) is 0 Å². The van der Waals surface area contributed by atoms with Gasteiger partial charge in [-0.2, -0.15) is 0 Å². The van der Waals surface area contributed by atoms with Crippen molar-refractivity contribution in [1.82, 2.24) is 0 Å². The first kappa shape index (κ1) is 10.0. The second kappa shape index (κ2) is 3.42. The van der Waals surface area contributed by atoms with Gasteiger partial charge in [-0.1, -0.05) is 24.3 Å². The molecule has 1 fully saturated rings. The van der Waals surface area contributed by atoms with Crippen LogP contribution in [-0.2, 0) is 11.2 Å². The lowest BCUT2D eigenvalue weighted by Crippen LogP contribution is -2.35. The molecule has 0 saturated heterocycles. The molecule has 2 aliphatic carbocycles. The Balaban J connectivity index is 1.94. The van der Waals surface area contributed by atoms with E-state index in [9.17, 15) is 4.79 Å². The topological polar surface area (TPSA) is 43.1 Å². The second-order valence-corrected chi connectivity index (χ2v) is 5.25. The fourth-order valence-electron chi connectivity index (χ4n) is 3.33. The minimum absolute atomic E-state index is 0.136. The molecule has 0 aliphatic heterocycles. The lowest BCUT2D eigenvalue weighted by molar-refractivity contribution is -0.122. The minimum atomic E-state index is 0.136. The monoisotopic (exact) mass is 215 g/mol. The Morgan fingerprint density at radius 1 is 1.19 bits per heavy atom. The molecule has 16 heavy (non-hydrogen) atoms. The van der Waals surface area contributed by atoms with E-state index >= 15 is 0 Å². The summed E-state index contributed by atoms with van der Waals surface area (Å²) in [6.07, 6.45) is 4.46. The standard InChI is InChI=1S/C14H17NO/c15-13-12-4-2-1-3-10(12)9-14(13)7-5-11(16)6-8-14/h1-4,13H,5-9,15H2. The summed E-state index contributed by atoms with van der Waals surface area (Å²) in [4.78, 5) is 11.3. The smallest absolute Gasteiger partial charge is 0.132 e. The normalized spacial score (nSPS) is 27.1. The van der Waals surface area contributed by atoms with Crippen LogP contribution >= 0.6 is 0 Å². The molecule has 2 nitrogen and oxygen atoms in total. The third-order valence-corrected chi connectivity index (χ3v) is 4.40. The number of hydrogen-bond donors (Lipinski definition) is 1. The highest BCUT2D eigenvalue weighted by Gasteiger charge is 2.45. The summed E-state index contributed by atoms with van der Waals surface area (Å²) < 4.78 is 0. The van der Waals surface area contributed by atoms with Gasteiger partial charge < -0.3 is 5.73 Å². The molecule has 0 heterocycles. The van der Waals surface area contributed by atoms with Gasteiger partial charge >= 0.3 is 0 Å². The maximum absolute atomic E-state index is 11.3. The summed E-state index contributed by atoms with van der Waals surface area (Å²) in [5.41, 5.74) is 9.26. The molecular weight excluding hydrogens is 198 g/mol. The van der Waals surface area contributed by atoms with Crippen LogP contribution < -0.4 is 5.73 Å². The molecule has 0 radical (unpaired) electrons. The van der Waals surface area contributed by atoms with Crippen LogP contribution in [0.4, 0.5) is 0 Å². The van der Waals surface area contributed by atoms with Gasteiger partial charge in [-0.25, -0.2) is 0 Å². The van der Waals surface area contributed by atoms with Gasteiger partial charge in [0.2, 0.25) is 0 Å². The average molecular weight is 215 g/mol. The molecule has 1 aromatic rings. The van der Waals surface area contributed by atoms with E-state index in [1.807, 2.05) is 0 Å². The number of rotatable bonds is 0. The maximum Gasteiger partial charge on any atom is 0.132 e. The first-order chi connectivity index (χ1) is 7.71. The van der Waals surface area contributed by atoms with Gasteiger partial charge in [0.15, 0.2) is 0 Å². The van der Waals surface area contributed by atoms with Crippen molar-refractivity contribution in [2.24, 2.45) is 11.1 Å². The second-order valence-electron chi connectivity index (χ2n) is 5.25. The number of fused-ring (bicyclic) bond motifs is 1. The molecule has 1 unspecified atom stereocenters. The molecule has 1 atom stereocenters. The number of ketones is 1. The molecular formula is C14H17NO. The molecule has 1 saturated carbocycles. The lowest BCUT2D eigenvalue weighted by atomic mass is 9.69. The van der Waals surface area contributed by atoms with Gasteiger partial charge in [0.1, 0.15) is 5.78 Å². The van der Waals surface area contributed by atoms with Crippen LogP contribution in [0.15, 0.2) is 24.3 Å². The van der Waals surface area contributed by atoms with E-state index < -0.39 is 0 Å². The number of nitrogens with two attached hydrogens (primary N) is 1. The molecule has 0 amide bonds. The molecule has 2 heteroatoms. The molecule has 2 N–H and O–H groups in total. The highest BCUT2D eigenvalue weighted by Crippen LogP contribution is 2.52. The lowest BCUT2D eigenvalue weighted by Gasteiger charge is -2.36. The quantitative estimate of drug-likeness (QED) is 0.722. The van der Waals surface area contributed by atoms with Crippen molar-refractivity contribution in [2.75, 3.05) is 0 Å². The summed E-state index contributed by atoms with van der Waals surface area (Å²) in [7, 11) is 0. The minimum Gasteiger partial charge on any atom is -0.323 e. The number of benzene rings is 1. The number of carbonyl (C=O) groups is 1. The van der Waals surface area contributed by atoms with Gasteiger partial charge in [-0.3, -0.25) is 4.79 Å². The summed E-state index contributed by atoms with van der Waals surface area (Å²) in [6, 6.07) is 8.60. The largest absolute Gasteiger partial charge is 0.323 e. The van der Waals surface area contributed by atoms with E-state index in [4.69, 9.17) is 5.73 Å². The molecule has 0 aromatic heterocycles. The summed E-state index contributed by atoms with van der Waals surface area (Å²) in [5.74, 6) is 0.411. The zero-order valence-corrected chi connectivity index (χ0v) is 9.41. The summed E-state index contributed by atoms with van der Waals surface area (Å²) >= 11 is 0. The van der Waals surface area contributed by atoms with Crippen molar-refractivity contribution in [2.45, 2.75) is 38.1 Å². The average Bonchev–Trinajstić information content (AvgIpc) is 2.58. The Hall–Kier alpha value is -1.15. The Bertz CT molecular complexity index is 428. The van der Waals surface area contributed by atoms with Crippen molar-refractivity contribution >= 4 is 5.78 Å². The third kappa shape index (κ3) is 1.33. The first-order valence-electron chi connectivity index (χ1n) is 6.06. The molecule has 3 rings (SSSR count). The van der Waals surface area contributed by atoms with Crippen LogP contribution in [0.2, 0.25) is 0 Å². The van der Waals surface area contributed by atoms with E-state index in [0.717, 1.165) is 32.1 Å². The van der Waals surface area contributed by atoms with E-state index in [-0.39, 0.29) is 11.5 Å². The third-order valence-electron chi connectivity index (χ3n) is 4.40. The zero-order valence-electron chi connectivity index (χ0n) is 9.41. The van der Waals surface area contributed by atoms with E-state index in [2.05, 4.69) is 24.3 Å². The van der Waals surface area contributed by atoms with Crippen LogP contribution in [0.1, 0.15) is 42.9 Å². The van der Waals surface area contributed by atoms with E-state index in [1.54, 1.807) is 0 Å². The van der Waals surface area contributed by atoms with Gasteiger partial charge in [0.05, 0.1) is 0 Å². The molecule has 2 aliphatic rings. The van der Waals surface area contributed by atoms with Crippen molar-refractivity contribution in [3.05, 3.63) is 35.4 Å². The maximum atomic E-state index is 11.3. The molecule has 1 spiro atoms. The zero-order chi connectivity index (χ0) is 11.2. The number of carbonyl (C=O) groups excluding carboxylic acids is 1. The van der Waals surface area contributed by atoms with Crippen molar-refractivity contribution in [3.63, 3.8) is 0 Å². The summed E-state index contributed by atoms with van der Waals surface area (Å²) in [5, 5.41) is 0. The Morgan fingerprint density at radius 2 is 1.88 bits per heavy atom. The Kier molecular flexibility index (Phi) is 2.15. The Morgan fingerprint density at radius 3 is 2.56 bits per heavy atom. The first-order valence-corrected chi connectivity index (χ1v) is 6.06. The van der Waals surface area contributed by atoms with Crippen LogP contribution in [0.25, 0.3) is 0 Å². The van der Waals surface area contributed by atoms with Gasteiger partial charge in [-0.15, -0.1) is 0 Å². The van der Waals surface area contributed by atoms with Crippen molar-refractivity contribution < 1.29 is 4.79 Å². The number of hydrogen-bond acceptors (Lipinski definition) is 2. The van der Waals surface area contributed by atoms with Crippen LogP contribution in [0, 0.1) is 5.41 Å². The van der Waals surface area contributed by atoms with E-state index in [0.29, 0.717) is 5.78 Å². The van der Waals surface area contributed by atoms with Crippen LogP contribution in [0.5, 0.6) is 0 Å². The highest BCUT2D eigenvalue weighted by atomic mass is 16.1. The van der Waals surface area contributed by atoms with Gasteiger partial charge in [0, 0.05) is 18.9 Å². The number of Topliss-reactive ketones (excluding diaryl/α,β-unsaturated/α-hetero) is 1.